The largest absolute Gasteiger partial charge is 2.00 e. The second-order valence-electron chi connectivity index (χ2n) is 0.346. The van der Waals surface area contributed by atoms with Crippen molar-refractivity contribution in [1.82, 2.24) is 0 Å². The first-order valence-electron chi connectivity index (χ1n) is 0.775. The predicted octanol–water partition coefficient (Wildman–Crippen LogP) is -4.99. The van der Waals surface area contributed by atoms with Gasteiger partial charge in [0.25, 0.3) is 0 Å². The molecule has 0 aromatic heterocycles. The van der Waals surface area contributed by atoms with Crippen LogP contribution in [0.4, 0.5) is 0 Å². The van der Waals surface area contributed by atoms with Crippen molar-refractivity contribution in [2.75, 3.05) is 0 Å². The maximum atomic E-state index is 7.17. The van der Waals surface area contributed by atoms with Gasteiger partial charge in [0.1, 0.15) is 0 Å². The first kappa shape index (κ1) is 47.6. The second kappa shape index (κ2) is 37.8. The molecule has 0 aromatic rings. The molecule has 0 heterocycles. The first-order valence-corrected chi connectivity index (χ1v) is 0.775. The molecule has 0 bridgehead atoms. The average Bonchev–Trinajstić information content (AvgIpc) is 0.811. The van der Waals surface area contributed by atoms with Crippen molar-refractivity contribution < 1.29 is 40.1 Å². The van der Waals surface area contributed by atoms with Gasteiger partial charge in [0.05, 0.1) is 0 Å². The minimum Gasteiger partial charge on any atom is -1.00 e. The maximum absolute atomic E-state index is 7.17. The third kappa shape index (κ3) is 85.5. The molecule has 10 heavy (non-hydrogen) atoms. The second-order valence-corrected chi connectivity index (χ2v) is 0.346. The Morgan fingerprint density at radius 1 is 0.700 bits per heavy atom. The minimum absolute atomic E-state index is 0. The van der Waals surface area contributed by atoms with E-state index in [1.165, 1.54) is 0 Å². The molecule has 10 heteroatoms. The summed E-state index contributed by atoms with van der Waals surface area (Å²) in [5.41, 5.74) is 0. The number of hydrogen-bond acceptors (Lipinski definition) is 3. The Labute approximate surface area is 179 Å². The van der Waals surface area contributed by atoms with Gasteiger partial charge in [0.2, 0.25) is 0 Å². The van der Waals surface area contributed by atoms with E-state index in [2.05, 4.69) is 0 Å². The van der Waals surface area contributed by atoms with Crippen LogP contribution in [0.25, 0.3) is 0 Å². The molecule has 0 atom stereocenters. The summed E-state index contributed by atoms with van der Waals surface area (Å²) in [5, 5.41) is 21.5. The number of rotatable bonds is 0. The fraction of sp³-hybridized carbons (Fsp3) is 0. The zero-order valence-electron chi connectivity index (χ0n) is 11.5. The standard InChI is InChI=1S/BH3O3.3H2O.3Sr.6H/c2-1(3)4;;;;;;;;;;;;/h2-4H;3*1H2;;;;;;;;;/q;;;;3*+2;6*-1. The Bertz CT molecular complexity index is 33.0. The normalized spacial score (nSPS) is 2.70. The number of hydrogen-bond donors (Lipinski definition) is 3. The van der Waals surface area contributed by atoms with Gasteiger partial charge in [-0.1, -0.05) is 0 Å². The summed E-state index contributed by atoms with van der Waals surface area (Å²) in [6.45, 7) is 0. The average molecular weight is 385 g/mol. The fourth-order valence-electron chi connectivity index (χ4n) is 0. The van der Waals surface area contributed by atoms with Gasteiger partial charge in [-0.3, -0.25) is 0 Å². The van der Waals surface area contributed by atoms with Gasteiger partial charge in [0, 0.05) is 0 Å². The van der Waals surface area contributed by atoms with Crippen molar-refractivity contribution in [2.24, 2.45) is 0 Å². The molecule has 0 aliphatic heterocycles. The fourth-order valence-corrected chi connectivity index (χ4v) is 0. The quantitative estimate of drug-likeness (QED) is 0.358. The van der Waals surface area contributed by atoms with Crippen LogP contribution in [-0.4, -0.2) is 175 Å². The SMILES string of the molecule is O.O.O.OB(O)O.[H-].[H-].[H-].[H-].[H-].[H-].[Sr+2].[Sr+2].[Sr+2]. The van der Waals surface area contributed by atoms with Crippen LogP contribution in [-0.2, 0) is 0 Å². The molecule has 6 nitrogen and oxygen atoms in total. The Morgan fingerprint density at radius 3 is 0.700 bits per heavy atom. The molecule has 0 aliphatic carbocycles. The molecule has 0 fully saturated rings. The van der Waals surface area contributed by atoms with E-state index >= 15 is 0 Å². The summed E-state index contributed by atoms with van der Waals surface area (Å²) in [5.74, 6) is 0. The van der Waals surface area contributed by atoms with Crippen molar-refractivity contribution >= 4 is 144 Å². The Kier molecular flexibility index (Phi) is 180. The van der Waals surface area contributed by atoms with Crippen LogP contribution in [0.15, 0.2) is 0 Å². The molecule has 0 aliphatic rings. The zero-order valence-corrected chi connectivity index (χ0v) is 16.0. The van der Waals surface area contributed by atoms with Crippen molar-refractivity contribution in [3.05, 3.63) is 0 Å². The van der Waals surface area contributed by atoms with E-state index < -0.39 is 7.32 Å². The predicted molar refractivity (Wildman–Crippen MR) is 47.2 cm³/mol. The summed E-state index contributed by atoms with van der Waals surface area (Å²) in [6.07, 6.45) is 0. The summed E-state index contributed by atoms with van der Waals surface area (Å²) >= 11 is 0. The molecule has 0 rings (SSSR count). The molecule has 0 saturated heterocycles. The van der Waals surface area contributed by atoms with E-state index in [0.717, 1.165) is 0 Å². The van der Waals surface area contributed by atoms with Crippen molar-refractivity contribution in [1.29, 1.82) is 0 Å². The van der Waals surface area contributed by atoms with Crippen LogP contribution in [0.2, 0.25) is 0 Å². The molecular formula is H15BO6Sr3. The summed E-state index contributed by atoms with van der Waals surface area (Å²) < 4.78 is 0. The molecule has 0 amide bonds. The minimum atomic E-state index is -2.17. The molecule has 0 spiro atoms. The van der Waals surface area contributed by atoms with Gasteiger partial charge in [-0.25, -0.2) is 0 Å². The van der Waals surface area contributed by atoms with Gasteiger partial charge in [-0.2, -0.15) is 0 Å². The maximum Gasteiger partial charge on any atom is 2.00 e. The van der Waals surface area contributed by atoms with E-state index in [-0.39, 0.29) is 161 Å². The topological polar surface area (TPSA) is 155 Å². The molecule has 0 saturated carbocycles. The Morgan fingerprint density at radius 2 is 0.700 bits per heavy atom. The van der Waals surface area contributed by atoms with Crippen LogP contribution < -0.4 is 0 Å². The van der Waals surface area contributed by atoms with Crippen LogP contribution in [0.3, 0.4) is 0 Å². The molecule has 9 N–H and O–H groups in total. The molecule has 0 radical (unpaired) electrons. The molecule has 0 unspecified atom stereocenters. The smallest absolute Gasteiger partial charge is 1.00 e. The monoisotopic (exact) mass is 386 g/mol. The molecule has 0 aromatic carbocycles. The van der Waals surface area contributed by atoms with Gasteiger partial charge in [0.15, 0.2) is 0 Å². The zero-order chi connectivity index (χ0) is 3.58. The van der Waals surface area contributed by atoms with E-state index in [4.69, 9.17) is 15.1 Å². The van der Waals surface area contributed by atoms with Crippen LogP contribution in [0, 0.1) is 0 Å². The Balaban J connectivity index is -0.000000000682. The van der Waals surface area contributed by atoms with Gasteiger partial charge in [-0.15, -0.1) is 0 Å². The summed E-state index contributed by atoms with van der Waals surface area (Å²) in [4.78, 5) is 0. The Hall–Kier alpha value is 4.27. The van der Waals surface area contributed by atoms with Gasteiger partial charge >= 0.3 is 144 Å². The molecular weight excluding hydrogens is 370 g/mol. The molecule has 60 valence electrons. The van der Waals surface area contributed by atoms with Gasteiger partial charge < -0.3 is 40.1 Å². The third-order valence-electron chi connectivity index (χ3n) is 0. The van der Waals surface area contributed by atoms with Crippen LogP contribution in [0.5, 0.6) is 0 Å². The third-order valence-corrected chi connectivity index (χ3v) is 0. The van der Waals surface area contributed by atoms with Crippen molar-refractivity contribution in [3.63, 3.8) is 0 Å². The van der Waals surface area contributed by atoms with Crippen molar-refractivity contribution in [2.45, 2.75) is 0 Å². The van der Waals surface area contributed by atoms with E-state index in [0.29, 0.717) is 0 Å². The van der Waals surface area contributed by atoms with E-state index in [1.54, 1.807) is 0 Å². The van der Waals surface area contributed by atoms with Crippen molar-refractivity contribution in [3.8, 4) is 0 Å². The van der Waals surface area contributed by atoms with Crippen LogP contribution in [0.1, 0.15) is 8.56 Å². The van der Waals surface area contributed by atoms with Gasteiger partial charge in [-0.05, 0) is 0 Å². The van der Waals surface area contributed by atoms with E-state index in [9.17, 15) is 0 Å². The van der Waals surface area contributed by atoms with E-state index in [1.807, 2.05) is 0 Å². The van der Waals surface area contributed by atoms with Crippen LogP contribution >= 0.6 is 0 Å². The summed E-state index contributed by atoms with van der Waals surface area (Å²) in [7, 11) is -2.17. The summed E-state index contributed by atoms with van der Waals surface area (Å²) in [6, 6.07) is 0. The first-order chi connectivity index (χ1) is 1.73.